The van der Waals surface area contributed by atoms with E-state index in [1.54, 1.807) is 24.3 Å². The second-order valence-electron chi connectivity index (χ2n) is 5.19. The van der Waals surface area contributed by atoms with Gasteiger partial charge in [0.25, 0.3) is 5.91 Å². The van der Waals surface area contributed by atoms with Crippen LogP contribution in [-0.2, 0) is 9.53 Å². The van der Waals surface area contributed by atoms with E-state index in [1.165, 1.54) is 24.8 Å². The molecule has 26 heavy (non-hydrogen) atoms. The Morgan fingerprint density at radius 1 is 1.23 bits per heavy atom. The fraction of sp³-hybridized carbons (Fsp3) is 0.176. The highest BCUT2D eigenvalue weighted by molar-refractivity contribution is 7.98. The van der Waals surface area contributed by atoms with Crippen LogP contribution < -0.4 is 5.32 Å². The van der Waals surface area contributed by atoms with Crippen LogP contribution in [0.1, 0.15) is 17.3 Å². The molecule has 0 saturated heterocycles. The average Bonchev–Trinajstić information content (AvgIpc) is 2.62. The predicted octanol–water partition coefficient (Wildman–Crippen LogP) is 3.64. The predicted molar refractivity (Wildman–Crippen MR) is 94.8 cm³/mol. The minimum atomic E-state index is -1.15. The summed E-state index contributed by atoms with van der Waals surface area (Å²) in [6.07, 6.45) is 0.756. The van der Waals surface area contributed by atoms with Gasteiger partial charge in [-0.15, -0.1) is 11.8 Å². The SMILES string of the molecule is CSc1ccc(C(=O)O[C@@H](C)C(=O)Nc2ccc(F)c([N+](=O)[O-])c2)cc1. The van der Waals surface area contributed by atoms with Gasteiger partial charge >= 0.3 is 11.7 Å². The molecule has 0 aliphatic carbocycles. The topological polar surface area (TPSA) is 98.5 Å². The van der Waals surface area contributed by atoms with Crippen LogP contribution in [-0.4, -0.2) is 29.2 Å². The number of carbonyl (C=O) groups is 2. The number of hydrogen-bond acceptors (Lipinski definition) is 6. The van der Waals surface area contributed by atoms with Crippen molar-refractivity contribution in [2.75, 3.05) is 11.6 Å². The Bertz CT molecular complexity index is 842. The van der Waals surface area contributed by atoms with E-state index in [0.29, 0.717) is 5.56 Å². The van der Waals surface area contributed by atoms with Crippen molar-refractivity contribution in [1.29, 1.82) is 0 Å². The molecule has 0 fully saturated rings. The number of ether oxygens (including phenoxy) is 1. The smallest absolute Gasteiger partial charge is 0.338 e. The Balaban J connectivity index is 2.01. The van der Waals surface area contributed by atoms with E-state index in [9.17, 15) is 24.1 Å². The molecule has 1 amide bonds. The number of nitro groups is 1. The maximum atomic E-state index is 13.3. The van der Waals surface area contributed by atoms with E-state index in [4.69, 9.17) is 4.74 Å². The summed E-state index contributed by atoms with van der Waals surface area (Å²) in [6.45, 7) is 1.36. The maximum absolute atomic E-state index is 13.3. The number of benzene rings is 2. The highest BCUT2D eigenvalue weighted by atomic mass is 32.2. The zero-order valence-corrected chi connectivity index (χ0v) is 14.7. The highest BCUT2D eigenvalue weighted by Gasteiger charge is 2.21. The van der Waals surface area contributed by atoms with Gasteiger partial charge in [0, 0.05) is 16.6 Å². The van der Waals surface area contributed by atoms with Gasteiger partial charge in [0.2, 0.25) is 5.82 Å². The molecule has 7 nitrogen and oxygen atoms in total. The minimum absolute atomic E-state index is 0.0234. The number of hydrogen-bond donors (Lipinski definition) is 1. The molecule has 0 spiro atoms. The first-order chi connectivity index (χ1) is 12.3. The Kier molecular flexibility index (Phi) is 6.29. The number of rotatable bonds is 6. The van der Waals surface area contributed by atoms with Crippen molar-refractivity contribution in [2.24, 2.45) is 0 Å². The lowest BCUT2D eigenvalue weighted by Gasteiger charge is -2.13. The summed E-state index contributed by atoms with van der Waals surface area (Å²) in [5, 5.41) is 13.1. The molecule has 0 heterocycles. The van der Waals surface area contributed by atoms with Gasteiger partial charge in [0.1, 0.15) is 0 Å². The summed E-state index contributed by atoms with van der Waals surface area (Å²) in [5.74, 6) is -2.38. The first-order valence-electron chi connectivity index (χ1n) is 7.41. The molecule has 9 heteroatoms. The maximum Gasteiger partial charge on any atom is 0.338 e. The average molecular weight is 378 g/mol. The van der Waals surface area contributed by atoms with Crippen molar-refractivity contribution >= 4 is 35.0 Å². The molecular formula is C17H15FN2O5S. The van der Waals surface area contributed by atoms with Crippen LogP contribution in [0.4, 0.5) is 15.8 Å². The Hall–Kier alpha value is -2.94. The third-order valence-electron chi connectivity index (χ3n) is 3.39. The largest absolute Gasteiger partial charge is 0.449 e. The van der Waals surface area contributed by atoms with Crippen LogP contribution in [0.3, 0.4) is 0 Å². The van der Waals surface area contributed by atoms with Crippen LogP contribution in [0.25, 0.3) is 0 Å². The zero-order chi connectivity index (χ0) is 19.3. The standard InChI is InChI=1S/C17H15FN2O5S/c1-10(25-17(22)11-3-6-13(26-2)7-4-11)16(21)19-12-5-8-14(18)15(9-12)20(23)24/h3-10H,1-2H3,(H,19,21)/t10-/m0/s1. The third-order valence-corrected chi connectivity index (χ3v) is 4.13. The second-order valence-corrected chi connectivity index (χ2v) is 6.07. The van der Waals surface area contributed by atoms with E-state index >= 15 is 0 Å². The number of nitrogens with one attached hydrogen (secondary N) is 1. The van der Waals surface area contributed by atoms with Gasteiger partial charge in [-0.2, -0.15) is 4.39 Å². The number of nitrogens with zero attached hydrogens (tertiary/aromatic N) is 1. The van der Waals surface area contributed by atoms with Gasteiger partial charge < -0.3 is 10.1 Å². The van der Waals surface area contributed by atoms with Crippen LogP contribution in [0.15, 0.2) is 47.4 Å². The van der Waals surface area contributed by atoms with E-state index in [0.717, 1.165) is 17.0 Å². The molecule has 2 rings (SSSR count). The molecule has 2 aromatic carbocycles. The van der Waals surface area contributed by atoms with Crippen LogP contribution in [0.2, 0.25) is 0 Å². The van der Waals surface area contributed by atoms with Crippen molar-refractivity contribution in [2.45, 2.75) is 17.9 Å². The van der Waals surface area contributed by atoms with Gasteiger partial charge in [0.15, 0.2) is 6.10 Å². The molecule has 0 unspecified atom stereocenters. The number of amides is 1. The molecule has 2 aromatic rings. The summed E-state index contributed by atoms with van der Waals surface area (Å²) in [7, 11) is 0. The van der Waals surface area contributed by atoms with E-state index in [-0.39, 0.29) is 5.69 Å². The summed E-state index contributed by atoms with van der Waals surface area (Å²) >= 11 is 1.52. The van der Waals surface area contributed by atoms with Gasteiger partial charge in [-0.1, -0.05) is 0 Å². The fourth-order valence-corrected chi connectivity index (χ4v) is 2.39. The quantitative estimate of drug-likeness (QED) is 0.357. The summed E-state index contributed by atoms with van der Waals surface area (Å²) in [4.78, 5) is 34.9. The number of carbonyl (C=O) groups excluding carboxylic acids is 2. The number of nitro benzene ring substituents is 1. The van der Waals surface area contributed by atoms with Crippen molar-refractivity contribution in [3.63, 3.8) is 0 Å². The number of thioether (sulfide) groups is 1. The molecule has 0 aliphatic heterocycles. The molecular weight excluding hydrogens is 363 g/mol. The Morgan fingerprint density at radius 2 is 1.88 bits per heavy atom. The molecule has 1 N–H and O–H groups in total. The summed E-state index contributed by atoms with van der Waals surface area (Å²) in [5.41, 5.74) is -0.448. The monoisotopic (exact) mass is 378 g/mol. The van der Waals surface area contributed by atoms with E-state index in [1.807, 2.05) is 6.26 Å². The number of anilines is 1. The molecule has 0 aliphatic rings. The van der Waals surface area contributed by atoms with Crippen molar-refractivity contribution in [3.8, 4) is 0 Å². The fourth-order valence-electron chi connectivity index (χ4n) is 1.98. The number of halogens is 1. The molecule has 0 aromatic heterocycles. The van der Waals surface area contributed by atoms with E-state index in [2.05, 4.69) is 5.32 Å². The Labute approximate surface area is 152 Å². The summed E-state index contributed by atoms with van der Waals surface area (Å²) < 4.78 is 18.4. The third kappa shape index (κ3) is 4.79. The first-order valence-corrected chi connectivity index (χ1v) is 8.64. The molecule has 136 valence electrons. The van der Waals surface area contributed by atoms with Crippen LogP contribution in [0, 0.1) is 15.9 Å². The first kappa shape index (κ1) is 19.4. The van der Waals surface area contributed by atoms with Gasteiger partial charge in [-0.25, -0.2) is 4.79 Å². The lowest BCUT2D eigenvalue weighted by atomic mass is 10.2. The highest BCUT2D eigenvalue weighted by Crippen LogP contribution is 2.22. The van der Waals surface area contributed by atoms with Crippen LogP contribution >= 0.6 is 11.8 Å². The number of esters is 1. The molecule has 0 radical (unpaired) electrons. The second kappa shape index (κ2) is 8.43. The zero-order valence-electron chi connectivity index (χ0n) is 13.9. The van der Waals surface area contributed by atoms with Gasteiger partial charge in [-0.05, 0) is 49.6 Å². The molecule has 0 saturated carbocycles. The van der Waals surface area contributed by atoms with Gasteiger partial charge in [0.05, 0.1) is 10.5 Å². The van der Waals surface area contributed by atoms with Crippen molar-refractivity contribution < 1.29 is 23.6 Å². The Morgan fingerprint density at radius 3 is 2.46 bits per heavy atom. The van der Waals surface area contributed by atoms with E-state index < -0.39 is 34.4 Å². The lowest BCUT2D eigenvalue weighted by molar-refractivity contribution is -0.387. The van der Waals surface area contributed by atoms with Gasteiger partial charge in [-0.3, -0.25) is 14.9 Å². The normalized spacial score (nSPS) is 11.5. The lowest BCUT2D eigenvalue weighted by Crippen LogP contribution is -2.30. The summed E-state index contributed by atoms with van der Waals surface area (Å²) in [6, 6.07) is 9.62. The molecule has 1 atom stereocenters. The van der Waals surface area contributed by atoms with Crippen molar-refractivity contribution in [3.05, 3.63) is 64.0 Å². The minimum Gasteiger partial charge on any atom is -0.449 e. The molecule has 0 bridgehead atoms. The van der Waals surface area contributed by atoms with Crippen LogP contribution in [0.5, 0.6) is 0 Å². The van der Waals surface area contributed by atoms with Crippen molar-refractivity contribution in [1.82, 2.24) is 0 Å².